The number of carbonyl (C=O) groups is 1. The van der Waals surface area contributed by atoms with Crippen LogP contribution in [0, 0.1) is 17.2 Å². The van der Waals surface area contributed by atoms with Crippen LogP contribution in [0.5, 0.6) is 0 Å². The zero-order valence-electron chi connectivity index (χ0n) is 6.00. The number of nitrogens with zero attached hydrogens (tertiary/aromatic N) is 1. The summed E-state index contributed by atoms with van der Waals surface area (Å²) >= 11 is 0. The van der Waals surface area contributed by atoms with Crippen LogP contribution >= 0.6 is 0 Å². The molecule has 0 heterocycles. The molecule has 0 fully saturated rings. The molecule has 56 valence electrons. The molecule has 3 heteroatoms. The average Bonchev–Trinajstić information content (AvgIpc) is 1.90. The highest BCUT2D eigenvalue weighted by atomic mass is 16.4. The van der Waals surface area contributed by atoms with Crippen LogP contribution in [0.25, 0.3) is 0 Å². The molecule has 10 heavy (non-hydrogen) atoms. The lowest BCUT2D eigenvalue weighted by atomic mass is 10.0. The Labute approximate surface area is 60.3 Å². The van der Waals surface area contributed by atoms with Gasteiger partial charge in [0, 0.05) is 12.3 Å². The summed E-state index contributed by atoms with van der Waals surface area (Å²) in [7, 11) is 0. The molecule has 1 N–H and O–H groups in total. The maximum absolute atomic E-state index is 10.0. The molecule has 0 saturated carbocycles. The minimum atomic E-state index is -0.825. The zero-order chi connectivity index (χ0) is 7.98. The van der Waals surface area contributed by atoms with E-state index >= 15 is 0 Å². The normalized spacial score (nSPS) is 12.0. The highest BCUT2D eigenvalue weighted by Crippen LogP contribution is 2.08. The number of hydrogen-bond donors (Lipinski definition) is 1. The van der Waals surface area contributed by atoms with Gasteiger partial charge in [0.1, 0.15) is 0 Å². The molecule has 1 atom stereocenters. The van der Waals surface area contributed by atoms with Crippen LogP contribution in [0.15, 0.2) is 0 Å². The minimum absolute atomic E-state index is 0.0869. The predicted molar refractivity (Wildman–Crippen MR) is 36.3 cm³/mol. The molecule has 0 aliphatic heterocycles. The lowest BCUT2D eigenvalue weighted by molar-refractivity contribution is -0.137. The molecule has 0 aliphatic carbocycles. The van der Waals surface area contributed by atoms with Gasteiger partial charge in [-0.25, -0.2) is 0 Å². The van der Waals surface area contributed by atoms with Crippen LogP contribution in [0.2, 0.25) is 0 Å². The third-order valence-electron chi connectivity index (χ3n) is 1.38. The smallest absolute Gasteiger partial charge is 0.303 e. The number of carboxylic acid groups (broad SMARTS) is 1. The van der Waals surface area contributed by atoms with Crippen LogP contribution in [-0.4, -0.2) is 11.1 Å². The largest absolute Gasteiger partial charge is 0.481 e. The van der Waals surface area contributed by atoms with Crippen molar-refractivity contribution in [3.8, 4) is 6.07 Å². The molecule has 0 aromatic heterocycles. The van der Waals surface area contributed by atoms with E-state index in [0.29, 0.717) is 6.42 Å². The number of hydrogen-bond acceptors (Lipinski definition) is 2. The Balaban J connectivity index is 3.47. The van der Waals surface area contributed by atoms with Crippen molar-refractivity contribution in [1.82, 2.24) is 0 Å². The van der Waals surface area contributed by atoms with Crippen molar-refractivity contribution in [2.75, 3.05) is 0 Å². The van der Waals surface area contributed by atoms with Crippen molar-refractivity contribution < 1.29 is 9.90 Å². The summed E-state index contributed by atoms with van der Waals surface area (Å²) in [6, 6.07) is 2.04. The van der Waals surface area contributed by atoms with Gasteiger partial charge >= 0.3 is 5.97 Å². The molecule has 0 aromatic carbocycles. The van der Waals surface area contributed by atoms with Crippen molar-refractivity contribution in [3.05, 3.63) is 0 Å². The van der Waals surface area contributed by atoms with Crippen LogP contribution in [0.1, 0.15) is 26.2 Å². The van der Waals surface area contributed by atoms with E-state index < -0.39 is 5.97 Å². The van der Waals surface area contributed by atoms with E-state index in [2.05, 4.69) is 0 Å². The van der Waals surface area contributed by atoms with Crippen LogP contribution < -0.4 is 0 Å². The fourth-order valence-corrected chi connectivity index (χ4v) is 0.658. The monoisotopic (exact) mass is 141 g/mol. The van der Waals surface area contributed by atoms with E-state index in [4.69, 9.17) is 10.4 Å². The van der Waals surface area contributed by atoms with E-state index in [0.717, 1.165) is 6.42 Å². The fraction of sp³-hybridized carbons (Fsp3) is 0.714. The molecule has 0 radical (unpaired) electrons. The van der Waals surface area contributed by atoms with Crippen molar-refractivity contribution >= 4 is 5.97 Å². The van der Waals surface area contributed by atoms with Crippen molar-refractivity contribution in [1.29, 1.82) is 5.26 Å². The highest BCUT2D eigenvalue weighted by Gasteiger charge is 2.06. The number of aliphatic carboxylic acids is 1. The Morgan fingerprint density at radius 1 is 1.80 bits per heavy atom. The molecule has 0 spiro atoms. The second-order valence-corrected chi connectivity index (χ2v) is 2.17. The Kier molecular flexibility index (Phi) is 4.30. The second kappa shape index (κ2) is 4.80. The lowest BCUT2D eigenvalue weighted by Gasteiger charge is -2.00. The molecule has 1 unspecified atom stereocenters. The molecule has 0 bridgehead atoms. The Bertz CT molecular complexity index is 148. The van der Waals surface area contributed by atoms with Gasteiger partial charge in [-0.1, -0.05) is 6.92 Å². The van der Waals surface area contributed by atoms with Gasteiger partial charge in [-0.05, 0) is 12.8 Å². The van der Waals surface area contributed by atoms with Crippen LogP contribution in [-0.2, 0) is 4.79 Å². The maximum Gasteiger partial charge on any atom is 0.303 e. The maximum atomic E-state index is 10.0. The second-order valence-electron chi connectivity index (χ2n) is 2.17. The average molecular weight is 141 g/mol. The third-order valence-corrected chi connectivity index (χ3v) is 1.38. The Morgan fingerprint density at radius 2 is 2.40 bits per heavy atom. The van der Waals surface area contributed by atoms with Gasteiger partial charge < -0.3 is 5.11 Å². The van der Waals surface area contributed by atoms with E-state index in [1.807, 2.05) is 13.0 Å². The summed E-state index contributed by atoms with van der Waals surface area (Å²) in [5, 5.41) is 16.6. The van der Waals surface area contributed by atoms with Gasteiger partial charge in [0.2, 0.25) is 0 Å². The molecule has 0 rings (SSSR count). The quantitative estimate of drug-likeness (QED) is 0.643. The van der Waals surface area contributed by atoms with Gasteiger partial charge in [0.05, 0.1) is 6.07 Å². The van der Waals surface area contributed by atoms with Crippen molar-refractivity contribution in [3.63, 3.8) is 0 Å². The van der Waals surface area contributed by atoms with E-state index in [-0.39, 0.29) is 12.3 Å². The Hall–Kier alpha value is -1.04. The Morgan fingerprint density at radius 3 is 2.70 bits per heavy atom. The lowest BCUT2D eigenvalue weighted by Crippen LogP contribution is -2.00. The van der Waals surface area contributed by atoms with Gasteiger partial charge in [-0.2, -0.15) is 5.26 Å². The first-order valence-electron chi connectivity index (χ1n) is 3.32. The summed E-state index contributed by atoms with van der Waals surface area (Å²) in [6.07, 6.45) is 1.32. The minimum Gasteiger partial charge on any atom is -0.481 e. The van der Waals surface area contributed by atoms with Gasteiger partial charge in [-0.3, -0.25) is 4.79 Å². The van der Waals surface area contributed by atoms with Gasteiger partial charge in [0.15, 0.2) is 0 Å². The molecular weight excluding hydrogens is 130 g/mol. The first kappa shape index (κ1) is 8.96. The summed E-state index contributed by atoms with van der Waals surface area (Å²) in [5.41, 5.74) is 0. The summed E-state index contributed by atoms with van der Waals surface area (Å²) < 4.78 is 0. The summed E-state index contributed by atoms with van der Waals surface area (Å²) in [4.78, 5) is 10.0. The molecule has 0 saturated heterocycles. The van der Waals surface area contributed by atoms with E-state index in [1.165, 1.54) is 0 Å². The van der Waals surface area contributed by atoms with Crippen LogP contribution in [0.4, 0.5) is 0 Å². The topological polar surface area (TPSA) is 61.1 Å². The number of rotatable bonds is 4. The van der Waals surface area contributed by atoms with Gasteiger partial charge in [0.25, 0.3) is 0 Å². The predicted octanol–water partition coefficient (Wildman–Crippen LogP) is 1.40. The van der Waals surface area contributed by atoms with E-state index in [1.54, 1.807) is 0 Å². The first-order chi connectivity index (χ1) is 4.70. The molecule has 0 amide bonds. The van der Waals surface area contributed by atoms with Crippen LogP contribution in [0.3, 0.4) is 0 Å². The summed E-state index contributed by atoms with van der Waals surface area (Å²) in [5.74, 6) is -0.912. The van der Waals surface area contributed by atoms with Gasteiger partial charge in [-0.15, -0.1) is 0 Å². The molecular formula is C7H11NO2. The van der Waals surface area contributed by atoms with E-state index in [9.17, 15) is 4.79 Å². The van der Waals surface area contributed by atoms with Crippen molar-refractivity contribution in [2.24, 2.45) is 5.92 Å². The SMILES string of the molecule is CCC(C#N)CCC(=O)O. The standard InChI is InChI=1S/C7H11NO2/c1-2-6(5-8)3-4-7(9)10/h6H,2-4H2,1H3,(H,9,10). The third kappa shape index (κ3) is 3.90. The number of nitriles is 1. The molecule has 0 aliphatic rings. The van der Waals surface area contributed by atoms with Crippen molar-refractivity contribution in [2.45, 2.75) is 26.2 Å². The fourth-order valence-electron chi connectivity index (χ4n) is 0.658. The molecule has 0 aromatic rings. The zero-order valence-corrected chi connectivity index (χ0v) is 6.00. The number of carboxylic acids is 1. The summed E-state index contributed by atoms with van der Waals surface area (Å²) in [6.45, 7) is 1.88. The molecule has 3 nitrogen and oxygen atoms in total. The first-order valence-corrected chi connectivity index (χ1v) is 3.32. The highest BCUT2D eigenvalue weighted by molar-refractivity contribution is 5.66.